The van der Waals surface area contributed by atoms with Crippen molar-refractivity contribution in [1.82, 2.24) is 24.3 Å². The number of rotatable bonds is 3. The third-order valence-corrected chi connectivity index (χ3v) is 4.64. The lowest BCUT2D eigenvalue weighted by molar-refractivity contribution is -0.141. The summed E-state index contributed by atoms with van der Waals surface area (Å²) in [7, 11) is 1.32. The molecule has 3 heterocycles. The number of nitrogens with zero attached hydrogens (tertiary/aromatic N) is 4. The molecule has 1 aromatic carbocycles. The lowest BCUT2D eigenvalue weighted by atomic mass is 10.2. The molecule has 0 aliphatic carbocycles. The normalized spacial score (nSPS) is 11.3. The average Bonchev–Trinajstić information content (AvgIpc) is 3.13. The first kappa shape index (κ1) is 16.5. The van der Waals surface area contributed by atoms with Gasteiger partial charge in [-0.1, -0.05) is 15.9 Å². The van der Waals surface area contributed by atoms with Gasteiger partial charge in [0.15, 0.2) is 0 Å². The number of hydrogen-bond donors (Lipinski definition) is 1. The van der Waals surface area contributed by atoms with E-state index in [2.05, 4.69) is 35.7 Å². The molecule has 0 saturated carbocycles. The molecule has 4 aromatic rings. The molecular formula is C17H14BrN5O3. The number of ether oxygens (including phenoxy) is 1. The van der Waals surface area contributed by atoms with Gasteiger partial charge in [-0.2, -0.15) is 5.10 Å². The second-order valence-electron chi connectivity index (χ2n) is 5.82. The van der Waals surface area contributed by atoms with E-state index in [0.29, 0.717) is 22.4 Å². The first-order valence-electron chi connectivity index (χ1n) is 7.78. The number of imidazole rings is 1. The third-order valence-electron chi connectivity index (χ3n) is 4.15. The van der Waals surface area contributed by atoms with Crippen LogP contribution in [0.1, 0.15) is 5.69 Å². The van der Waals surface area contributed by atoms with Crippen LogP contribution in [0.2, 0.25) is 0 Å². The van der Waals surface area contributed by atoms with Crippen LogP contribution in [-0.4, -0.2) is 37.4 Å². The van der Waals surface area contributed by atoms with Gasteiger partial charge in [-0.15, -0.1) is 0 Å². The van der Waals surface area contributed by atoms with Crippen LogP contribution in [0.25, 0.3) is 27.6 Å². The fourth-order valence-corrected chi connectivity index (χ4v) is 3.35. The molecule has 8 nitrogen and oxygen atoms in total. The van der Waals surface area contributed by atoms with Gasteiger partial charge in [0.25, 0.3) is 0 Å². The van der Waals surface area contributed by atoms with Crippen molar-refractivity contribution >= 4 is 43.8 Å². The van der Waals surface area contributed by atoms with Gasteiger partial charge in [-0.05, 0) is 25.1 Å². The van der Waals surface area contributed by atoms with Crippen molar-refractivity contribution in [3.63, 3.8) is 0 Å². The van der Waals surface area contributed by atoms with Crippen LogP contribution in [0.15, 0.2) is 39.9 Å². The summed E-state index contributed by atoms with van der Waals surface area (Å²) in [5, 5.41) is 5.15. The van der Waals surface area contributed by atoms with Crippen LogP contribution in [0.5, 0.6) is 0 Å². The molecule has 0 saturated heterocycles. The first-order valence-corrected chi connectivity index (χ1v) is 8.57. The number of carbonyl (C=O) groups is 1. The number of H-pyrrole nitrogens is 1. The number of benzene rings is 1. The van der Waals surface area contributed by atoms with Crippen molar-refractivity contribution in [2.75, 3.05) is 7.11 Å². The Balaban J connectivity index is 2.00. The summed E-state index contributed by atoms with van der Waals surface area (Å²) in [5.74, 6) is -0.413. The Kier molecular flexibility index (Phi) is 3.87. The maximum atomic E-state index is 12.6. The van der Waals surface area contributed by atoms with Crippen molar-refractivity contribution in [1.29, 1.82) is 0 Å². The monoisotopic (exact) mass is 415 g/mol. The molecule has 0 aliphatic heterocycles. The Hall–Kier alpha value is -2.94. The highest BCUT2D eigenvalue weighted by atomic mass is 79.9. The van der Waals surface area contributed by atoms with Gasteiger partial charge in [0.1, 0.15) is 6.54 Å². The highest BCUT2D eigenvalue weighted by Gasteiger charge is 2.17. The largest absolute Gasteiger partial charge is 0.468 e. The summed E-state index contributed by atoms with van der Waals surface area (Å²) < 4.78 is 8.57. The minimum Gasteiger partial charge on any atom is -0.468 e. The number of pyridine rings is 1. The van der Waals surface area contributed by atoms with E-state index in [4.69, 9.17) is 0 Å². The number of methoxy groups -OCH3 is 1. The molecule has 0 bridgehead atoms. The quantitative estimate of drug-likeness (QED) is 0.518. The van der Waals surface area contributed by atoms with Crippen LogP contribution in [0.4, 0.5) is 0 Å². The molecule has 9 heteroatoms. The molecule has 0 aliphatic rings. The molecule has 0 atom stereocenters. The Morgan fingerprint density at radius 2 is 2.19 bits per heavy atom. The van der Waals surface area contributed by atoms with E-state index in [1.807, 2.05) is 18.2 Å². The van der Waals surface area contributed by atoms with Crippen molar-refractivity contribution in [2.24, 2.45) is 0 Å². The predicted octanol–water partition coefficient (Wildman–Crippen LogP) is 2.31. The summed E-state index contributed by atoms with van der Waals surface area (Å²) in [6.45, 7) is 1.76. The van der Waals surface area contributed by atoms with E-state index in [0.717, 1.165) is 15.4 Å². The lowest BCUT2D eigenvalue weighted by Gasteiger charge is -2.05. The molecule has 132 valence electrons. The zero-order valence-electron chi connectivity index (χ0n) is 14.0. The standard InChI is InChI=1S/C17H14BrN5O3/c1-9-14(7-22(21-9)8-15(24)26-2)23-16-11-5-10(18)3-4-12(11)19-6-13(16)20-17(23)25/h3-7H,8H2,1-2H3,(H,20,25). The van der Waals surface area contributed by atoms with Gasteiger partial charge in [0.2, 0.25) is 0 Å². The number of aromatic amines is 1. The molecule has 0 amide bonds. The molecule has 0 fully saturated rings. The molecule has 0 spiro atoms. The Morgan fingerprint density at radius 1 is 1.38 bits per heavy atom. The zero-order chi connectivity index (χ0) is 18.4. The zero-order valence-corrected chi connectivity index (χ0v) is 15.6. The molecule has 3 aromatic heterocycles. The van der Waals surface area contributed by atoms with Crippen LogP contribution >= 0.6 is 15.9 Å². The Bertz CT molecular complexity index is 1220. The Labute approximate surface area is 155 Å². The predicted molar refractivity (Wildman–Crippen MR) is 99.4 cm³/mol. The smallest absolute Gasteiger partial charge is 0.331 e. The van der Waals surface area contributed by atoms with Gasteiger partial charge in [-0.3, -0.25) is 19.0 Å². The number of aryl methyl sites for hydroxylation is 1. The molecule has 26 heavy (non-hydrogen) atoms. The Morgan fingerprint density at radius 3 is 2.96 bits per heavy atom. The molecule has 0 radical (unpaired) electrons. The maximum Gasteiger partial charge on any atom is 0.331 e. The first-order chi connectivity index (χ1) is 12.5. The van der Waals surface area contributed by atoms with Crippen molar-refractivity contribution < 1.29 is 9.53 Å². The van der Waals surface area contributed by atoms with E-state index in [1.165, 1.54) is 11.8 Å². The fraction of sp³-hybridized carbons (Fsp3) is 0.176. The van der Waals surface area contributed by atoms with Crippen LogP contribution in [0.3, 0.4) is 0 Å². The van der Waals surface area contributed by atoms with Crippen molar-refractivity contribution in [3.05, 3.63) is 51.2 Å². The summed E-state index contributed by atoms with van der Waals surface area (Å²) in [4.78, 5) is 31.4. The summed E-state index contributed by atoms with van der Waals surface area (Å²) in [5.41, 5.74) is 3.03. The molecule has 4 rings (SSSR count). The summed E-state index contributed by atoms with van der Waals surface area (Å²) in [6, 6.07) is 5.70. The third kappa shape index (κ3) is 2.60. The van der Waals surface area contributed by atoms with Crippen molar-refractivity contribution in [2.45, 2.75) is 13.5 Å². The number of nitrogens with one attached hydrogen (secondary N) is 1. The molecule has 0 unspecified atom stereocenters. The number of carbonyl (C=O) groups excluding carboxylic acids is 1. The van der Waals surface area contributed by atoms with E-state index in [9.17, 15) is 9.59 Å². The fourth-order valence-electron chi connectivity index (χ4n) is 2.99. The highest BCUT2D eigenvalue weighted by molar-refractivity contribution is 9.10. The second kappa shape index (κ2) is 6.10. The molecular weight excluding hydrogens is 402 g/mol. The van der Waals surface area contributed by atoms with Gasteiger partial charge < -0.3 is 9.72 Å². The highest BCUT2D eigenvalue weighted by Crippen LogP contribution is 2.27. The summed E-state index contributed by atoms with van der Waals surface area (Å²) in [6.07, 6.45) is 3.29. The van der Waals surface area contributed by atoms with E-state index >= 15 is 0 Å². The maximum absolute atomic E-state index is 12.6. The van der Waals surface area contributed by atoms with E-state index in [1.54, 1.807) is 23.9 Å². The van der Waals surface area contributed by atoms with Gasteiger partial charge in [0, 0.05) is 9.86 Å². The number of esters is 1. The van der Waals surface area contributed by atoms with Gasteiger partial charge >= 0.3 is 11.7 Å². The minimum atomic E-state index is -0.413. The number of halogens is 1. The van der Waals surface area contributed by atoms with Crippen LogP contribution < -0.4 is 5.69 Å². The number of fused-ring (bicyclic) bond motifs is 3. The number of hydrogen-bond acceptors (Lipinski definition) is 5. The molecule has 1 N–H and O–H groups in total. The summed E-state index contributed by atoms with van der Waals surface area (Å²) >= 11 is 3.47. The van der Waals surface area contributed by atoms with Gasteiger partial charge in [-0.25, -0.2) is 4.79 Å². The van der Waals surface area contributed by atoms with Crippen LogP contribution in [0, 0.1) is 6.92 Å². The topological polar surface area (TPSA) is 94.8 Å². The van der Waals surface area contributed by atoms with E-state index < -0.39 is 5.97 Å². The number of aromatic nitrogens is 5. The average molecular weight is 416 g/mol. The minimum absolute atomic E-state index is 0.0255. The van der Waals surface area contributed by atoms with Crippen molar-refractivity contribution in [3.8, 4) is 5.69 Å². The van der Waals surface area contributed by atoms with E-state index in [-0.39, 0.29) is 12.2 Å². The van der Waals surface area contributed by atoms with Gasteiger partial charge in [0.05, 0.1) is 47.4 Å². The second-order valence-corrected chi connectivity index (χ2v) is 6.74. The SMILES string of the molecule is COC(=O)Cn1cc(-n2c(=O)[nH]c3cnc4ccc(Br)cc4c32)c(C)n1. The lowest BCUT2D eigenvalue weighted by Crippen LogP contribution is -2.15. The van der Waals surface area contributed by atoms with Crippen LogP contribution in [-0.2, 0) is 16.1 Å².